The van der Waals surface area contributed by atoms with Gasteiger partial charge in [0.05, 0.1) is 6.61 Å². The third-order valence-electron chi connectivity index (χ3n) is 2.88. The predicted octanol–water partition coefficient (Wildman–Crippen LogP) is 3.34. The van der Waals surface area contributed by atoms with Crippen LogP contribution in [0.25, 0.3) is 0 Å². The monoisotopic (exact) mass is 405 g/mol. The highest BCUT2D eigenvalue weighted by Gasteiger charge is 1.98. The Balaban J connectivity index is 0.00000400. The van der Waals surface area contributed by atoms with Crippen molar-refractivity contribution < 1.29 is 4.74 Å². The molecule has 1 aromatic carbocycles. The predicted molar refractivity (Wildman–Crippen MR) is 101 cm³/mol. The third-order valence-corrected chi connectivity index (χ3v) is 2.88. The van der Waals surface area contributed by atoms with Gasteiger partial charge in [0.15, 0.2) is 5.96 Å². The lowest BCUT2D eigenvalue weighted by molar-refractivity contribution is 0.317. The minimum atomic E-state index is 0. The van der Waals surface area contributed by atoms with Crippen LogP contribution in [0.1, 0.15) is 38.7 Å². The van der Waals surface area contributed by atoms with E-state index in [-0.39, 0.29) is 24.0 Å². The Morgan fingerprint density at radius 1 is 1.29 bits per heavy atom. The van der Waals surface area contributed by atoms with E-state index in [2.05, 4.69) is 36.3 Å². The van der Waals surface area contributed by atoms with E-state index in [1.807, 2.05) is 12.1 Å². The molecule has 0 atom stereocenters. The summed E-state index contributed by atoms with van der Waals surface area (Å²) < 4.78 is 5.62. The Morgan fingerprint density at radius 2 is 2.10 bits per heavy atom. The lowest BCUT2D eigenvalue weighted by Gasteiger charge is -2.08. The molecule has 0 amide bonds. The first-order chi connectivity index (χ1) is 9.76. The minimum Gasteiger partial charge on any atom is -0.494 e. The highest BCUT2D eigenvalue weighted by atomic mass is 127. The third kappa shape index (κ3) is 9.55. The van der Waals surface area contributed by atoms with Crippen LogP contribution in [0.3, 0.4) is 0 Å². The molecule has 0 saturated heterocycles. The highest BCUT2D eigenvalue weighted by Crippen LogP contribution is 2.13. The normalized spacial score (nSPS) is 10.9. The Labute approximate surface area is 145 Å². The van der Waals surface area contributed by atoms with Crippen LogP contribution in [0.2, 0.25) is 0 Å². The van der Waals surface area contributed by atoms with Gasteiger partial charge in [0, 0.05) is 13.1 Å². The maximum absolute atomic E-state index is 5.79. The van der Waals surface area contributed by atoms with Crippen molar-refractivity contribution in [1.82, 2.24) is 5.32 Å². The van der Waals surface area contributed by atoms with Gasteiger partial charge in [-0.05, 0) is 37.0 Å². The SMILES string of the molecule is CCCCN=C(N)NCCc1cccc(OCCC)c1.I. The standard InChI is InChI=1S/C16H27N3O.HI/c1-3-5-10-18-16(17)19-11-9-14-7-6-8-15(13-14)20-12-4-2;/h6-8,13H,3-5,9-12H2,1-2H3,(H3,17,18,19);1H. The summed E-state index contributed by atoms with van der Waals surface area (Å²) in [5.74, 6) is 1.48. The second-order valence-electron chi connectivity index (χ2n) is 4.79. The molecule has 1 rings (SSSR count). The van der Waals surface area contributed by atoms with Crippen molar-refractivity contribution in [1.29, 1.82) is 0 Å². The Bertz CT molecular complexity index is 410. The summed E-state index contributed by atoms with van der Waals surface area (Å²) in [6.07, 6.45) is 4.16. The summed E-state index contributed by atoms with van der Waals surface area (Å²) in [6.45, 7) is 6.61. The summed E-state index contributed by atoms with van der Waals surface area (Å²) in [4.78, 5) is 4.26. The number of benzene rings is 1. The lowest BCUT2D eigenvalue weighted by atomic mass is 10.1. The largest absolute Gasteiger partial charge is 0.494 e. The van der Waals surface area contributed by atoms with Gasteiger partial charge in [-0.2, -0.15) is 0 Å². The highest BCUT2D eigenvalue weighted by molar-refractivity contribution is 14.0. The van der Waals surface area contributed by atoms with Crippen LogP contribution < -0.4 is 15.8 Å². The number of rotatable bonds is 9. The molecule has 0 heterocycles. The molecular formula is C16H28IN3O. The molecule has 120 valence electrons. The van der Waals surface area contributed by atoms with Crippen molar-refractivity contribution in [3.63, 3.8) is 0 Å². The van der Waals surface area contributed by atoms with Crippen LogP contribution in [0.4, 0.5) is 0 Å². The van der Waals surface area contributed by atoms with Crippen molar-refractivity contribution in [3.05, 3.63) is 29.8 Å². The van der Waals surface area contributed by atoms with Crippen LogP contribution >= 0.6 is 24.0 Å². The fourth-order valence-electron chi connectivity index (χ4n) is 1.76. The number of aliphatic imine (C=N–C) groups is 1. The van der Waals surface area contributed by atoms with Crippen LogP contribution in [-0.2, 0) is 6.42 Å². The van der Waals surface area contributed by atoms with E-state index in [0.717, 1.165) is 51.1 Å². The van der Waals surface area contributed by atoms with Crippen LogP contribution in [0.15, 0.2) is 29.3 Å². The number of nitrogens with zero attached hydrogens (tertiary/aromatic N) is 1. The van der Waals surface area contributed by atoms with Crippen LogP contribution in [-0.4, -0.2) is 25.7 Å². The minimum absolute atomic E-state index is 0. The van der Waals surface area contributed by atoms with Crippen molar-refractivity contribution in [2.24, 2.45) is 10.7 Å². The van der Waals surface area contributed by atoms with E-state index >= 15 is 0 Å². The molecule has 0 radical (unpaired) electrons. The second-order valence-corrected chi connectivity index (χ2v) is 4.79. The fraction of sp³-hybridized carbons (Fsp3) is 0.562. The first-order valence-corrected chi connectivity index (χ1v) is 7.51. The molecule has 0 saturated carbocycles. The molecule has 0 aliphatic heterocycles. The average Bonchev–Trinajstić information content (AvgIpc) is 2.46. The molecule has 0 bridgehead atoms. The summed E-state index contributed by atoms with van der Waals surface area (Å²) in [5, 5.41) is 3.14. The van der Waals surface area contributed by atoms with E-state index in [1.54, 1.807) is 0 Å². The number of unbranched alkanes of at least 4 members (excludes halogenated alkanes) is 1. The van der Waals surface area contributed by atoms with E-state index < -0.39 is 0 Å². The average molecular weight is 405 g/mol. The summed E-state index contributed by atoms with van der Waals surface area (Å²) in [6, 6.07) is 8.21. The maximum Gasteiger partial charge on any atom is 0.188 e. The number of halogens is 1. The number of hydrogen-bond donors (Lipinski definition) is 2. The Kier molecular flexibility index (Phi) is 12.1. The molecule has 0 unspecified atom stereocenters. The van der Waals surface area contributed by atoms with E-state index in [4.69, 9.17) is 10.5 Å². The molecule has 0 spiro atoms. The lowest BCUT2D eigenvalue weighted by Crippen LogP contribution is -2.33. The van der Waals surface area contributed by atoms with Crippen molar-refractivity contribution >= 4 is 29.9 Å². The Morgan fingerprint density at radius 3 is 2.81 bits per heavy atom. The zero-order valence-corrected chi connectivity index (χ0v) is 15.4. The quantitative estimate of drug-likeness (QED) is 0.287. The molecule has 3 N–H and O–H groups in total. The van der Waals surface area contributed by atoms with Gasteiger partial charge in [0.2, 0.25) is 0 Å². The zero-order valence-electron chi connectivity index (χ0n) is 13.1. The maximum atomic E-state index is 5.79. The molecule has 21 heavy (non-hydrogen) atoms. The number of nitrogens with one attached hydrogen (secondary N) is 1. The fourth-order valence-corrected chi connectivity index (χ4v) is 1.76. The van der Waals surface area contributed by atoms with Gasteiger partial charge in [-0.1, -0.05) is 32.4 Å². The number of guanidine groups is 1. The van der Waals surface area contributed by atoms with Crippen molar-refractivity contribution in [2.45, 2.75) is 39.5 Å². The summed E-state index contributed by atoms with van der Waals surface area (Å²) >= 11 is 0. The van der Waals surface area contributed by atoms with Gasteiger partial charge >= 0.3 is 0 Å². The van der Waals surface area contributed by atoms with Crippen molar-refractivity contribution in [3.8, 4) is 5.75 Å². The molecule has 4 nitrogen and oxygen atoms in total. The number of hydrogen-bond acceptors (Lipinski definition) is 2. The molecular weight excluding hydrogens is 377 g/mol. The molecule has 0 aliphatic carbocycles. The van der Waals surface area contributed by atoms with Gasteiger partial charge in [-0.3, -0.25) is 4.99 Å². The van der Waals surface area contributed by atoms with E-state index in [9.17, 15) is 0 Å². The summed E-state index contributed by atoms with van der Waals surface area (Å²) in [7, 11) is 0. The topological polar surface area (TPSA) is 59.6 Å². The molecule has 0 aliphatic rings. The zero-order chi connectivity index (χ0) is 14.6. The van der Waals surface area contributed by atoms with E-state index in [1.165, 1.54) is 5.56 Å². The van der Waals surface area contributed by atoms with Gasteiger partial charge in [0.1, 0.15) is 5.75 Å². The number of nitrogens with two attached hydrogens (primary N) is 1. The molecule has 5 heteroatoms. The second kappa shape index (κ2) is 12.7. The van der Waals surface area contributed by atoms with Crippen LogP contribution in [0, 0.1) is 0 Å². The van der Waals surface area contributed by atoms with Crippen LogP contribution in [0.5, 0.6) is 5.75 Å². The smallest absolute Gasteiger partial charge is 0.188 e. The van der Waals surface area contributed by atoms with Crippen molar-refractivity contribution in [2.75, 3.05) is 19.7 Å². The van der Waals surface area contributed by atoms with Gasteiger partial charge in [0.25, 0.3) is 0 Å². The molecule has 1 aromatic rings. The summed E-state index contributed by atoms with van der Waals surface area (Å²) in [5.41, 5.74) is 7.03. The first kappa shape index (κ1) is 20.0. The number of ether oxygens (including phenoxy) is 1. The Hall–Kier alpha value is -0.980. The molecule has 0 fully saturated rings. The van der Waals surface area contributed by atoms with Gasteiger partial charge in [-0.25, -0.2) is 0 Å². The first-order valence-electron chi connectivity index (χ1n) is 7.51. The van der Waals surface area contributed by atoms with Gasteiger partial charge in [-0.15, -0.1) is 24.0 Å². The molecule has 0 aromatic heterocycles. The van der Waals surface area contributed by atoms with E-state index in [0.29, 0.717) is 5.96 Å². The van der Waals surface area contributed by atoms with Gasteiger partial charge < -0.3 is 15.8 Å².